The molecule has 24 heavy (non-hydrogen) atoms. The fourth-order valence-electron chi connectivity index (χ4n) is 3.09. The number of amides is 1. The number of piperidine rings is 1. The predicted molar refractivity (Wildman–Crippen MR) is 92.5 cm³/mol. The first-order valence-electron chi connectivity index (χ1n) is 8.03. The molecule has 0 saturated carbocycles. The first-order valence-corrected chi connectivity index (χ1v) is 8.80. The lowest BCUT2D eigenvalue weighted by Crippen LogP contribution is -2.41. The van der Waals surface area contributed by atoms with Gasteiger partial charge in [0.15, 0.2) is 0 Å². The summed E-state index contributed by atoms with van der Waals surface area (Å²) >= 11 is 1.17. The highest BCUT2D eigenvalue weighted by molar-refractivity contribution is 7.07. The number of hydrogen-bond acceptors (Lipinski definition) is 5. The van der Waals surface area contributed by atoms with Crippen LogP contribution in [0.3, 0.4) is 0 Å². The van der Waals surface area contributed by atoms with E-state index in [9.17, 15) is 4.79 Å². The Hall–Kier alpha value is -2.41. The number of carbonyl (C=O) groups is 1. The zero-order valence-corrected chi connectivity index (χ0v) is 14.2. The van der Waals surface area contributed by atoms with Gasteiger partial charge in [0.2, 0.25) is 0 Å². The van der Waals surface area contributed by atoms with Gasteiger partial charge >= 0.3 is 0 Å². The van der Waals surface area contributed by atoms with Crippen molar-refractivity contribution in [3.05, 3.63) is 41.0 Å². The minimum Gasteiger partial charge on any atom is -0.490 e. The topological polar surface area (TPSA) is 71.1 Å². The third-order valence-corrected chi connectivity index (χ3v) is 5.24. The summed E-state index contributed by atoms with van der Waals surface area (Å²) in [5.41, 5.74) is 1.79. The van der Waals surface area contributed by atoms with Crippen LogP contribution < -0.4 is 4.74 Å². The summed E-state index contributed by atoms with van der Waals surface area (Å²) in [6.45, 7) is 3.22. The molecule has 0 radical (unpaired) electrons. The first-order chi connectivity index (χ1) is 11.7. The molecule has 0 atom stereocenters. The van der Waals surface area contributed by atoms with Gasteiger partial charge in [-0.3, -0.25) is 4.79 Å². The van der Waals surface area contributed by atoms with E-state index in [1.54, 1.807) is 0 Å². The second kappa shape index (κ2) is 6.24. The number of benzene rings is 1. The Bertz CT molecular complexity index is 864. The van der Waals surface area contributed by atoms with Crippen molar-refractivity contribution in [3.8, 4) is 5.75 Å². The molecule has 1 amide bonds. The van der Waals surface area contributed by atoms with Crippen molar-refractivity contribution < 1.29 is 9.53 Å². The zero-order valence-electron chi connectivity index (χ0n) is 13.4. The Morgan fingerprint density at radius 3 is 2.92 bits per heavy atom. The smallest absolute Gasteiger partial charge is 0.267 e. The van der Waals surface area contributed by atoms with Crippen molar-refractivity contribution >= 4 is 28.3 Å². The lowest BCUT2D eigenvalue weighted by Gasteiger charge is -2.32. The van der Waals surface area contributed by atoms with Crippen molar-refractivity contribution in [2.24, 2.45) is 0 Å². The molecule has 1 aromatic carbocycles. The molecule has 1 fully saturated rings. The lowest BCUT2D eigenvalue weighted by molar-refractivity contribution is 0.0601. The zero-order chi connectivity index (χ0) is 16.5. The lowest BCUT2D eigenvalue weighted by atomic mass is 10.1. The van der Waals surface area contributed by atoms with E-state index in [4.69, 9.17) is 4.74 Å². The van der Waals surface area contributed by atoms with Crippen molar-refractivity contribution in [1.29, 1.82) is 0 Å². The van der Waals surface area contributed by atoms with Crippen LogP contribution in [0.5, 0.6) is 5.75 Å². The standard InChI is InChI=1S/C17H18N4O2S/c1-11-16(24-20-19-11)17(22)21-9-6-12(7-10-21)23-15-4-2-3-14-13(15)5-8-18-14/h2-5,8,12,18H,6-7,9-10H2,1H3. The van der Waals surface area contributed by atoms with Crippen LogP contribution in [0.25, 0.3) is 10.9 Å². The fraction of sp³-hybridized carbons (Fsp3) is 0.353. The van der Waals surface area contributed by atoms with E-state index < -0.39 is 0 Å². The number of nitrogens with one attached hydrogen (secondary N) is 1. The van der Waals surface area contributed by atoms with Gasteiger partial charge in [-0.15, -0.1) is 5.10 Å². The summed E-state index contributed by atoms with van der Waals surface area (Å²) in [6, 6.07) is 8.06. The van der Waals surface area contributed by atoms with Gasteiger partial charge in [0.05, 0.1) is 5.69 Å². The Balaban J connectivity index is 1.41. The van der Waals surface area contributed by atoms with Crippen molar-refractivity contribution in [1.82, 2.24) is 19.5 Å². The van der Waals surface area contributed by atoms with Crippen molar-refractivity contribution in [3.63, 3.8) is 0 Å². The van der Waals surface area contributed by atoms with Crippen LogP contribution in [0.1, 0.15) is 28.2 Å². The molecule has 124 valence electrons. The number of ether oxygens (including phenoxy) is 1. The summed E-state index contributed by atoms with van der Waals surface area (Å²) in [5.74, 6) is 0.940. The van der Waals surface area contributed by atoms with Gasteiger partial charge in [0, 0.05) is 43.0 Å². The number of aromatic nitrogens is 3. The molecule has 3 aromatic rings. The molecule has 1 N–H and O–H groups in total. The van der Waals surface area contributed by atoms with E-state index in [0.717, 1.165) is 29.5 Å². The Morgan fingerprint density at radius 2 is 2.17 bits per heavy atom. The number of carbonyl (C=O) groups excluding carboxylic acids is 1. The molecule has 3 heterocycles. The van der Waals surface area contributed by atoms with Gasteiger partial charge in [-0.2, -0.15) is 0 Å². The average Bonchev–Trinajstić information content (AvgIpc) is 3.24. The van der Waals surface area contributed by atoms with Gasteiger partial charge in [0.1, 0.15) is 16.7 Å². The minimum absolute atomic E-state index is 0.0358. The molecule has 1 aliphatic heterocycles. The van der Waals surface area contributed by atoms with E-state index in [1.807, 2.05) is 42.3 Å². The van der Waals surface area contributed by atoms with Gasteiger partial charge in [-0.05, 0) is 36.7 Å². The molecule has 7 heteroatoms. The molecule has 1 aliphatic rings. The summed E-state index contributed by atoms with van der Waals surface area (Å²) in [5, 5.41) is 5.02. The molecule has 0 spiro atoms. The number of likely N-dealkylation sites (tertiary alicyclic amines) is 1. The van der Waals surface area contributed by atoms with Gasteiger partial charge in [-0.1, -0.05) is 10.6 Å². The quantitative estimate of drug-likeness (QED) is 0.794. The van der Waals surface area contributed by atoms with Crippen LogP contribution >= 0.6 is 11.5 Å². The molecule has 1 saturated heterocycles. The second-order valence-corrected chi connectivity index (χ2v) is 6.75. The number of fused-ring (bicyclic) bond motifs is 1. The van der Waals surface area contributed by atoms with E-state index >= 15 is 0 Å². The maximum absolute atomic E-state index is 12.5. The highest BCUT2D eigenvalue weighted by Gasteiger charge is 2.27. The molecule has 0 unspecified atom stereocenters. The number of aryl methyl sites for hydroxylation is 1. The summed E-state index contributed by atoms with van der Waals surface area (Å²) in [6.07, 6.45) is 3.72. The van der Waals surface area contributed by atoms with Crippen LogP contribution in [0.4, 0.5) is 0 Å². The Morgan fingerprint density at radius 1 is 1.33 bits per heavy atom. The molecule has 0 bridgehead atoms. The first kappa shape index (κ1) is 15.1. The third kappa shape index (κ3) is 2.75. The maximum atomic E-state index is 12.5. The summed E-state index contributed by atoms with van der Waals surface area (Å²) < 4.78 is 10.0. The van der Waals surface area contributed by atoms with Crippen LogP contribution in [0.2, 0.25) is 0 Å². The Labute approximate surface area is 143 Å². The summed E-state index contributed by atoms with van der Waals surface area (Å²) in [7, 11) is 0. The van der Waals surface area contributed by atoms with E-state index in [0.29, 0.717) is 23.7 Å². The molecule has 6 nitrogen and oxygen atoms in total. The number of H-pyrrole nitrogens is 1. The van der Waals surface area contributed by atoms with Gasteiger partial charge in [0.25, 0.3) is 5.91 Å². The summed E-state index contributed by atoms with van der Waals surface area (Å²) in [4.78, 5) is 18.2. The largest absolute Gasteiger partial charge is 0.490 e. The van der Waals surface area contributed by atoms with Crippen LogP contribution in [-0.2, 0) is 0 Å². The van der Waals surface area contributed by atoms with Crippen LogP contribution in [-0.4, -0.2) is 44.6 Å². The van der Waals surface area contributed by atoms with Crippen molar-refractivity contribution in [2.75, 3.05) is 13.1 Å². The second-order valence-electron chi connectivity index (χ2n) is 5.99. The molecule has 2 aromatic heterocycles. The van der Waals surface area contributed by atoms with E-state index in [-0.39, 0.29) is 12.0 Å². The predicted octanol–water partition coefficient (Wildman–Crippen LogP) is 3.01. The molecule has 0 aliphatic carbocycles. The van der Waals surface area contributed by atoms with Crippen LogP contribution in [0, 0.1) is 6.92 Å². The molecule has 4 rings (SSSR count). The number of rotatable bonds is 3. The SMILES string of the molecule is Cc1nnsc1C(=O)N1CCC(Oc2cccc3[nH]ccc23)CC1. The Kier molecular flexibility index (Phi) is 3.93. The maximum Gasteiger partial charge on any atom is 0.267 e. The third-order valence-electron chi connectivity index (χ3n) is 4.42. The molecular formula is C17H18N4O2S. The van der Waals surface area contributed by atoms with Gasteiger partial charge in [-0.25, -0.2) is 0 Å². The average molecular weight is 342 g/mol. The van der Waals surface area contributed by atoms with Gasteiger partial charge < -0.3 is 14.6 Å². The number of hydrogen-bond donors (Lipinski definition) is 1. The number of aromatic amines is 1. The monoisotopic (exact) mass is 342 g/mol. The van der Waals surface area contributed by atoms with E-state index in [1.165, 1.54) is 11.5 Å². The number of nitrogens with zero attached hydrogens (tertiary/aromatic N) is 3. The van der Waals surface area contributed by atoms with E-state index in [2.05, 4.69) is 14.6 Å². The van der Waals surface area contributed by atoms with Crippen LogP contribution in [0.15, 0.2) is 30.5 Å². The minimum atomic E-state index is 0.0358. The normalized spacial score (nSPS) is 15.8. The molecular weight excluding hydrogens is 324 g/mol. The highest BCUT2D eigenvalue weighted by atomic mass is 32.1. The van der Waals surface area contributed by atoms with Crippen molar-refractivity contribution in [2.45, 2.75) is 25.9 Å². The fourth-order valence-corrected chi connectivity index (χ4v) is 3.71. The highest BCUT2D eigenvalue weighted by Crippen LogP contribution is 2.28.